The summed E-state index contributed by atoms with van der Waals surface area (Å²) in [7, 11) is -10.0. The Bertz CT molecular complexity index is 2380. The lowest BCUT2D eigenvalue weighted by molar-refractivity contribution is 0.355. The summed E-state index contributed by atoms with van der Waals surface area (Å²) in [4.78, 5) is -2.12. The van der Waals surface area contributed by atoms with Crippen molar-refractivity contribution >= 4 is 10.2 Å². The van der Waals surface area contributed by atoms with Crippen molar-refractivity contribution in [3.8, 4) is 184 Å². The monoisotopic (exact) mass is 608 g/mol. The van der Waals surface area contributed by atoms with Crippen LogP contribution in [0.25, 0.3) is 0 Å². The molecule has 1 aromatic rings. The van der Waals surface area contributed by atoms with E-state index in [-0.39, 0.29) is 5.56 Å². The highest BCUT2D eigenvalue weighted by atomic mass is 32.5. The minimum atomic E-state index is -10.0. The minimum Gasteiger partial charge on any atom is -0.405 e. The van der Waals surface area contributed by atoms with Crippen LogP contribution < -0.4 is 4.74 Å². The number of aryl methyl sites for hydroxylation is 1. The molecule has 0 aromatic heterocycles. The van der Waals surface area contributed by atoms with E-state index in [9.17, 15) is 19.4 Å². The molecule has 208 valence electrons. The average Bonchev–Trinajstić information content (AvgIpc) is 2.96. The predicted molar refractivity (Wildman–Crippen MR) is 166 cm³/mol. The molecule has 0 aliphatic carbocycles. The molecule has 0 radical (unpaired) electrons. The lowest BCUT2D eigenvalue weighted by Gasteiger charge is -2.42. The molecule has 0 amide bonds. The number of hydrogen-bond acceptors (Lipinski definition) is 1. The summed E-state index contributed by atoms with van der Waals surface area (Å²) in [5.41, 5.74) is -0.627. The van der Waals surface area contributed by atoms with Crippen LogP contribution in [0.4, 0.5) is 19.4 Å². The summed E-state index contributed by atoms with van der Waals surface area (Å²) < 4.78 is 71.8. The van der Waals surface area contributed by atoms with Crippen LogP contribution in [0, 0.1) is 192 Å². The van der Waals surface area contributed by atoms with Gasteiger partial charge in [-0.2, -0.15) is 0 Å². The van der Waals surface area contributed by atoms with Crippen LogP contribution in [0.1, 0.15) is 11.1 Å². The fourth-order valence-electron chi connectivity index (χ4n) is 2.25. The van der Waals surface area contributed by atoms with E-state index in [1.54, 1.807) is 0 Å². The molecule has 0 N–H and O–H groups in total. The first kappa shape index (κ1) is 35.4. The zero-order chi connectivity index (χ0) is 33.3. The highest BCUT2D eigenvalue weighted by Crippen LogP contribution is 3.03. The maximum absolute atomic E-state index is 13.4. The van der Waals surface area contributed by atoms with Crippen LogP contribution >= 0.6 is 10.2 Å². The van der Waals surface area contributed by atoms with Gasteiger partial charge < -0.3 is 4.74 Å². The summed E-state index contributed by atoms with van der Waals surface area (Å²) in [5.74, 6) is 65.4. The zero-order valence-electron chi connectivity index (χ0n) is 22.9. The SMILES string of the molecule is C#CC#CC#CC#CC#CC#CC#CC#CC#CC#CC#CC#CC#CC#CC#COc1ccc(C)c(C)c1S(F)(F)(F)(F)F. The van der Waals surface area contributed by atoms with E-state index in [1.165, 1.54) is 13.0 Å². The Morgan fingerprint density at radius 1 is 0.467 bits per heavy atom. The molecule has 45 heavy (non-hydrogen) atoms. The Balaban J connectivity index is 2.61. The first-order chi connectivity index (χ1) is 21.4. The van der Waals surface area contributed by atoms with Gasteiger partial charge in [0, 0.05) is 118 Å². The number of halogens is 5. The molecule has 1 aromatic carbocycles. The minimum absolute atomic E-state index is 0.0230. The van der Waals surface area contributed by atoms with E-state index in [2.05, 4.69) is 171 Å². The molecule has 0 aliphatic heterocycles. The molecule has 0 bridgehead atoms. The molecular weight excluding hydrogens is 599 g/mol. The Morgan fingerprint density at radius 3 is 1.04 bits per heavy atom. The molecule has 0 aliphatic rings. The van der Waals surface area contributed by atoms with Gasteiger partial charge in [-0.05, 0) is 78.4 Å². The second-order valence-electron chi connectivity index (χ2n) is 7.03. The van der Waals surface area contributed by atoms with Crippen LogP contribution in [0.5, 0.6) is 5.75 Å². The van der Waals surface area contributed by atoms with Crippen molar-refractivity contribution in [3.63, 3.8) is 0 Å². The molecule has 0 fully saturated rings. The van der Waals surface area contributed by atoms with E-state index in [1.807, 2.05) is 6.11 Å². The van der Waals surface area contributed by atoms with Gasteiger partial charge >= 0.3 is 10.2 Å². The quantitative estimate of drug-likeness (QED) is 0.340. The fourth-order valence-corrected chi connectivity index (χ4v) is 3.48. The molecule has 0 saturated heterocycles. The molecule has 1 nitrogen and oxygen atoms in total. The van der Waals surface area contributed by atoms with E-state index in [4.69, 9.17) is 6.42 Å². The van der Waals surface area contributed by atoms with Gasteiger partial charge in [-0.3, -0.25) is 0 Å². The van der Waals surface area contributed by atoms with Gasteiger partial charge in [0.25, 0.3) is 0 Å². The van der Waals surface area contributed by atoms with Crippen molar-refractivity contribution < 1.29 is 24.2 Å². The third-order valence-electron chi connectivity index (χ3n) is 3.94. The van der Waals surface area contributed by atoms with Crippen molar-refractivity contribution in [2.24, 2.45) is 0 Å². The molecule has 7 heteroatoms. The van der Waals surface area contributed by atoms with Gasteiger partial charge in [0.2, 0.25) is 0 Å². The molecule has 1 rings (SSSR count). The standard InChI is InChI=1S/C38H9F5OS/c1-4-5-6-7-8-9-10-11-12-13-14-15-16-17-18-19-20-21-22-23-24-25-26-27-28-29-30-31-34-44-37-33-32-35(2)36(3)38(37)45(39,40,41,42)43/h1,32-33H,2-3H3. The second-order valence-corrected chi connectivity index (χ2v) is 9.37. The number of benzene rings is 1. The normalized spacial score (nSPS) is 8.40. The highest BCUT2D eigenvalue weighted by Gasteiger charge is 2.68. The maximum Gasteiger partial charge on any atom is 0.314 e. The van der Waals surface area contributed by atoms with Gasteiger partial charge in [-0.25, -0.2) is 0 Å². The third kappa shape index (κ3) is 17.0. The summed E-state index contributed by atoms with van der Waals surface area (Å²) in [6.07, 6.45) is 6.76. The molecule has 0 spiro atoms. The Morgan fingerprint density at radius 2 is 0.756 bits per heavy atom. The van der Waals surface area contributed by atoms with E-state index < -0.39 is 26.4 Å². The summed E-state index contributed by atoms with van der Waals surface area (Å²) in [5, 5.41) is 0. The zero-order valence-corrected chi connectivity index (χ0v) is 23.8. The maximum atomic E-state index is 13.4. The second kappa shape index (κ2) is 17.3. The number of rotatable bonds is 2. The lowest BCUT2D eigenvalue weighted by atomic mass is 10.1. The van der Waals surface area contributed by atoms with E-state index >= 15 is 0 Å². The molecular formula is C38H9F5OS. The number of terminal acetylenes is 1. The average molecular weight is 609 g/mol. The van der Waals surface area contributed by atoms with Crippen LogP contribution in [0.15, 0.2) is 17.0 Å². The first-order valence-corrected chi connectivity index (χ1v) is 13.3. The van der Waals surface area contributed by atoms with Crippen molar-refractivity contribution in [1.29, 1.82) is 0 Å². The smallest absolute Gasteiger partial charge is 0.314 e. The van der Waals surface area contributed by atoms with Crippen molar-refractivity contribution in [2.75, 3.05) is 0 Å². The highest BCUT2D eigenvalue weighted by molar-refractivity contribution is 8.45. The van der Waals surface area contributed by atoms with Crippen molar-refractivity contribution in [1.82, 2.24) is 0 Å². The van der Waals surface area contributed by atoms with Gasteiger partial charge in [-0.1, -0.05) is 25.5 Å². The third-order valence-corrected chi connectivity index (χ3v) is 5.21. The fraction of sp³-hybridized carbons (Fsp3) is 0.0526. The molecule has 0 heterocycles. The summed E-state index contributed by atoms with van der Waals surface area (Å²) >= 11 is 0. The molecule has 0 saturated carbocycles. The van der Waals surface area contributed by atoms with Gasteiger partial charge in [0.1, 0.15) is 6.11 Å². The molecule has 0 atom stereocenters. The largest absolute Gasteiger partial charge is 0.405 e. The summed E-state index contributed by atoms with van der Waals surface area (Å²) in [6.45, 7) is 2.20. The Labute approximate surface area is 260 Å². The first-order valence-electron chi connectivity index (χ1n) is 11.3. The van der Waals surface area contributed by atoms with Crippen LogP contribution in [-0.4, -0.2) is 0 Å². The lowest BCUT2D eigenvalue weighted by Crippen LogP contribution is -2.11. The van der Waals surface area contributed by atoms with Gasteiger partial charge in [0.05, 0.1) is 0 Å². The number of hydrogen-bond donors (Lipinski definition) is 0. The van der Waals surface area contributed by atoms with Crippen LogP contribution in [0.3, 0.4) is 0 Å². The van der Waals surface area contributed by atoms with Gasteiger partial charge in [0.15, 0.2) is 10.6 Å². The van der Waals surface area contributed by atoms with Crippen LogP contribution in [0.2, 0.25) is 0 Å². The Kier molecular flexibility index (Phi) is 13.6. The van der Waals surface area contributed by atoms with E-state index in [0.717, 1.165) is 13.0 Å². The topological polar surface area (TPSA) is 9.23 Å². The number of ether oxygens (including phenoxy) is 1. The Hall–Kier alpha value is -7.58. The van der Waals surface area contributed by atoms with Crippen molar-refractivity contribution in [2.45, 2.75) is 18.7 Å². The van der Waals surface area contributed by atoms with Crippen LogP contribution in [-0.2, 0) is 0 Å². The predicted octanol–water partition coefficient (Wildman–Crippen LogP) is 4.98. The summed E-state index contributed by atoms with van der Waals surface area (Å²) in [6, 6.07) is 1.98. The van der Waals surface area contributed by atoms with E-state index in [0.29, 0.717) is 0 Å². The van der Waals surface area contributed by atoms with Crippen molar-refractivity contribution in [3.05, 3.63) is 23.3 Å². The molecule has 0 unspecified atom stereocenters. The van der Waals surface area contributed by atoms with Gasteiger partial charge in [-0.15, -0.1) is 6.42 Å².